The lowest BCUT2D eigenvalue weighted by molar-refractivity contribution is 0.114. The normalized spacial score (nSPS) is 14.7. The second-order valence-electron chi connectivity index (χ2n) is 4.38. The highest BCUT2D eigenvalue weighted by Gasteiger charge is 2.04. The number of nitrogens with one attached hydrogen (secondary N) is 1. The van der Waals surface area contributed by atoms with Crippen molar-refractivity contribution in [3.8, 4) is 0 Å². The van der Waals surface area contributed by atoms with Crippen LogP contribution >= 0.6 is 0 Å². The van der Waals surface area contributed by atoms with E-state index >= 15 is 0 Å². The average Bonchev–Trinajstić information content (AvgIpc) is 2.34. The molecule has 0 saturated heterocycles. The zero-order valence-electron chi connectivity index (χ0n) is 10.6. The zero-order chi connectivity index (χ0) is 11.8. The van der Waals surface area contributed by atoms with Crippen molar-refractivity contribution < 1.29 is 4.74 Å². The molecule has 0 amide bonds. The molecule has 0 saturated carbocycles. The Morgan fingerprint density at radius 1 is 1.19 bits per heavy atom. The maximum atomic E-state index is 5.20. The highest BCUT2D eigenvalue weighted by molar-refractivity contribution is 5.14. The van der Waals surface area contributed by atoms with E-state index in [-0.39, 0.29) is 0 Å². The van der Waals surface area contributed by atoms with Gasteiger partial charge >= 0.3 is 0 Å². The van der Waals surface area contributed by atoms with Gasteiger partial charge in [-0.3, -0.25) is 0 Å². The van der Waals surface area contributed by atoms with Gasteiger partial charge in [-0.15, -0.1) is 0 Å². The first-order chi connectivity index (χ1) is 7.72. The molecule has 16 heavy (non-hydrogen) atoms. The van der Waals surface area contributed by atoms with Crippen LogP contribution in [0, 0.1) is 0 Å². The number of aryl methyl sites for hydroxylation is 1. The summed E-state index contributed by atoms with van der Waals surface area (Å²) in [7, 11) is 1.75. The molecule has 0 aromatic heterocycles. The van der Waals surface area contributed by atoms with Crippen LogP contribution in [0.25, 0.3) is 0 Å². The number of benzene rings is 1. The Morgan fingerprint density at radius 3 is 2.50 bits per heavy atom. The molecule has 0 fully saturated rings. The van der Waals surface area contributed by atoms with Crippen LogP contribution < -0.4 is 5.32 Å². The minimum absolute atomic E-state index is 0.291. The van der Waals surface area contributed by atoms with Crippen LogP contribution in [0.5, 0.6) is 0 Å². The molecule has 2 unspecified atom stereocenters. The Balaban J connectivity index is 2.18. The topological polar surface area (TPSA) is 21.3 Å². The first kappa shape index (κ1) is 13.2. The number of methoxy groups -OCH3 is 1. The highest BCUT2D eigenvalue weighted by atomic mass is 16.5. The molecule has 0 radical (unpaired) electrons. The summed E-state index contributed by atoms with van der Waals surface area (Å²) < 4.78 is 5.20. The fourth-order valence-corrected chi connectivity index (χ4v) is 1.58. The first-order valence-corrected chi connectivity index (χ1v) is 6.02. The Hall–Kier alpha value is -0.860. The lowest BCUT2D eigenvalue weighted by Crippen LogP contribution is -2.33. The molecule has 0 spiro atoms. The molecule has 0 bridgehead atoms. The molecular weight excluding hydrogens is 198 g/mol. The van der Waals surface area contributed by atoms with Crippen molar-refractivity contribution >= 4 is 0 Å². The molecule has 90 valence electrons. The Bertz CT molecular complexity index is 273. The largest absolute Gasteiger partial charge is 0.380 e. The summed E-state index contributed by atoms with van der Waals surface area (Å²) >= 11 is 0. The van der Waals surface area contributed by atoms with Gasteiger partial charge < -0.3 is 10.1 Å². The van der Waals surface area contributed by atoms with Crippen molar-refractivity contribution in [1.29, 1.82) is 0 Å². The molecule has 0 aliphatic carbocycles. The van der Waals surface area contributed by atoms with E-state index in [0.717, 1.165) is 13.0 Å². The third-order valence-corrected chi connectivity index (χ3v) is 2.86. The summed E-state index contributed by atoms with van der Waals surface area (Å²) in [5.41, 5.74) is 1.41. The van der Waals surface area contributed by atoms with E-state index in [0.29, 0.717) is 12.1 Å². The highest BCUT2D eigenvalue weighted by Crippen LogP contribution is 2.04. The van der Waals surface area contributed by atoms with Gasteiger partial charge in [-0.2, -0.15) is 0 Å². The molecule has 1 aromatic rings. The summed E-state index contributed by atoms with van der Waals surface area (Å²) in [6.07, 6.45) is 2.59. The lowest BCUT2D eigenvalue weighted by atomic mass is 10.1. The minimum Gasteiger partial charge on any atom is -0.380 e. The van der Waals surface area contributed by atoms with Crippen molar-refractivity contribution in [3.63, 3.8) is 0 Å². The molecule has 2 atom stereocenters. The monoisotopic (exact) mass is 221 g/mol. The van der Waals surface area contributed by atoms with Gasteiger partial charge in [-0.1, -0.05) is 30.3 Å². The van der Waals surface area contributed by atoms with Gasteiger partial charge in [-0.05, 0) is 32.3 Å². The van der Waals surface area contributed by atoms with Gasteiger partial charge in [0.15, 0.2) is 0 Å². The predicted octanol–water partition coefficient (Wildman–Crippen LogP) is 2.63. The Kier molecular flexibility index (Phi) is 6.12. The van der Waals surface area contributed by atoms with Crippen molar-refractivity contribution in [1.82, 2.24) is 5.32 Å². The SMILES string of the molecule is COC(C)CNC(C)CCc1ccccc1. The van der Waals surface area contributed by atoms with E-state index in [2.05, 4.69) is 49.5 Å². The maximum Gasteiger partial charge on any atom is 0.0667 e. The van der Waals surface area contributed by atoms with Crippen LogP contribution in [0.2, 0.25) is 0 Å². The van der Waals surface area contributed by atoms with Gasteiger partial charge in [0, 0.05) is 19.7 Å². The van der Waals surface area contributed by atoms with Gasteiger partial charge in [0.25, 0.3) is 0 Å². The average molecular weight is 221 g/mol. The fraction of sp³-hybridized carbons (Fsp3) is 0.571. The number of hydrogen-bond donors (Lipinski definition) is 1. The van der Waals surface area contributed by atoms with E-state index in [1.165, 1.54) is 12.0 Å². The standard InChI is InChI=1S/C14H23NO/c1-12(15-11-13(2)16-3)9-10-14-7-5-4-6-8-14/h4-8,12-13,15H,9-11H2,1-3H3. The van der Waals surface area contributed by atoms with Gasteiger partial charge in [0.1, 0.15) is 0 Å². The van der Waals surface area contributed by atoms with Crippen molar-refractivity contribution in [2.45, 2.75) is 38.8 Å². The molecular formula is C14H23NO. The molecule has 0 heterocycles. The molecule has 0 aliphatic heterocycles. The summed E-state index contributed by atoms with van der Waals surface area (Å²) in [6, 6.07) is 11.2. The van der Waals surface area contributed by atoms with Gasteiger partial charge in [0.2, 0.25) is 0 Å². The molecule has 1 aromatic carbocycles. The molecule has 2 nitrogen and oxygen atoms in total. The molecule has 1 N–H and O–H groups in total. The Labute approximate surface area is 99.0 Å². The third kappa shape index (κ3) is 5.29. The number of ether oxygens (including phenoxy) is 1. The second kappa shape index (κ2) is 7.42. The molecule has 2 heteroatoms. The van der Waals surface area contributed by atoms with Gasteiger partial charge in [-0.25, -0.2) is 0 Å². The molecule has 0 aliphatic rings. The summed E-state index contributed by atoms with van der Waals surface area (Å²) in [6.45, 7) is 5.23. The van der Waals surface area contributed by atoms with E-state index in [1.807, 2.05) is 0 Å². The van der Waals surface area contributed by atoms with Crippen molar-refractivity contribution in [2.75, 3.05) is 13.7 Å². The van der Waals surface area contributed by atoms with Crippen LogP contribution in [0.1, 0.15) is 25.8 Å². The summed E-state index contributed by atoms with van der Waals surface area (Å²) in [5, 5.41) is 3.48. The number of hydrogen-bond acceptors (Lipinski definition) is 2. The third-order valence-electron chi connectivity index (χ3n) is 2.86. The predicted molar refractivity (Wildman–Crippen MR) is 68.7 cm³/mol. The van der Waals surface area contributed by atoms with Crippen molar-refractivity contribution in [2.24, 2.45) is 0 Å². The lowest BCUT2D eigenvalue weighted by Gasteiger charge is -2.16. The van der Waals surface area contributed by atoms with Crippen LogP contribution in [0.3, 0.4) is 0 Å². The smallest absolute Gasteiger partial charge is 0.0667 e. The zero-order valence-corrected chi connectivity index (χ0v) is 10.6. The molecule has 1 rings (SSSR count). The summed E-state index contributed by atoms with van der Waals surface area (Å²) in [5.74, 6) is 0. The van der Waals surface area contributed by atoms with Gasteiger partial charge in [0.05, 0.1) is 6.10 Å². The fourth-order valence-electron chi connectivity index (χ4n) is 1.58. The van der Waals surface area contributed by atoms with Crippen LogP contribution in [-0.2, 0) is 11.2 Å². The Morgan fingerprint density at radius 2 is 1.88 bits per heavy atom. The van der Waals surface area contributed by atoms with E-state index < -0.39 is 0 Å². The van der Waals surface area contributed by atoms with Crippen LogP contribution in [0.15, 0.2) is 30.3 Å². The first-order valence-electron chi connectivity index (χ1n) is 6.02. The van der Waals surface area contributed by atoms with Crippen molar-refractivity contribution in [3.05, 3.63) is 35.9 Å². The van der Waals surface area contributed by atoms with E-state index in [4.69, 9.17) is 4.74 Å². The quantitative estimate of drug-likeness (QED) is 0.764. The van der Waals surface area contributed by atoms with Crippen LogP contribution in [-0.4, -0.2) is 25.8 Å². The second-order valence-corrected chi connectivity index (χ2v) is 4.38. The maximum absolute atomic E-state index is 5.20. The van der Waals surface area contributed by atoms with E-state index in [1.54, 1.807) is 7.11 Å². The summed E-state index contributed by atoms with van der Waals surface area (Å²) in [4.78, 5) is 0. The van der Waals surface area contributed by atoms with Crippen LogP contribution in [0.4, 0.5) is 0 Å². The van der Waals surface area contributed by atoms with E-state index in [9.17, 15) is 0 Å². The minimum atomic E-state index is 0.291. The number of rotatable bonds is 7.